The van der Waals surface area contributed by atoms with Crippen LogP contribution in [-0.4, -0.2) is 60.7 Å². The van der Waals surface area contributed by atoms with Crippen molar-refractivity contribution in [1.82, 2.24) is 10.2 Å². The van der Waals surface area contributed by atoms with Crippen LogP contribution in [0.3, 0.4) is 0 Å². The van der Waals surface area contributed by atoms with Gasteiger partial charge in [0.05, 0.1) is 48.5 Å². The normalized spacial score (nSPS) is 20.3. The SMILES string of the molecule is COC(=O)C1=C(C(=O)OC)N(c2ccc3c(c2)C(=O)N(C2CCC(=O)NC2=O)C3=O)C(N)=C(C#N)C1c1ccccc1. The minimum Gasteiger partial charge on any atom is -0.466 e. The Balaban J connectivity index is 1.68. The van der Waals surface area contributed by atoms with Crippen LogP contribution in [-0.2, 0) is 28.7 Å². The van der Waals surface area contributed by atoms with Crippen LogP contribution in [0, 0.1) is 11.3 Å². The lowest BCUT2D eigenvalue weighted by Crippen LogP contribution is -2.54. The van der Waals surface area contributed by atoms with Gasteiger partial charge in [-0.3, -0.25) is 34.3 Å². The molecule has 0 aromatic heterocycles. The summed E-state index contributed by atoms with van der Waals surface area (Å²) in [6.07, 6.45) is -0.0812. The molecule has 0 bridgehead atoms. The first-order chi connectivity index (χ1) is 20.1. The highest BCUT2D eigenvalue weighted by molar-refractivity contribution is 6.24. The zero-order valence-electron chi connectivity index (χ0n) is 22.4. The molecule has 3 aliphatic rings. The molecule has 2 aromatic rings. The number of benzene rings is 2. The van der Waals surface area contributed by atoms with E-state index >= 15 is 0 Å². The summed E-state index contributed by atoms with van der Waals surface area (Å²) in [6, 6.07) is 13.2. The molecule has 4 amide bonds. The molecule has 212 valence electrons. The number of carbonyl (C=O) groups excluding carboxylic acids is 6. The van der Waals surface area contributed by atoms with Gasteiger partial charge in [-0.1, -0.05) is 30.3 Å². The standard InChI is InChI=1S/C29H23N5O8/c1-41-28(39)22-21(14-6-4-3-5-7-14)18(13-30)24(31)33(23(22)29(40)42-2)15-8-9-16-17(12-15)27(38)34(26(16)37)19-10-11-20(35)32-25(19)36/h3-9,12,19,21H,10-11,31H2,1-2H3,(H,32,35,36). The van der Waals surface area contributed by atoms with Crippen LogP contribution in [0.4, 0.5) is 5.69 Å². The number of rotatable bonds is 5. The van der Waals surface area contributed by atoms with Crippen molar-refractivity contribution < 1.29 is 38.2 Å². The first kappa shape index (κ1) is 27.8. The first-order valence-electron chi connectivity index (χ1n) is 12.7. The molecule has 3 aliphatic heterocycles. The Bertz CT molecular complexity index is 1690. The van der Waals surface area contributed by atoms with Gasteiger partial charge in [0, 0.05) is 12.1 Å². The van der Waals surface area contributed by atoms with E-state index in [1.807, 2.05) is 6.07 Å². The van der Waals surface area contributed by atoms with Crippen molar-refractivity contribution in [2.75, 3.05) is 19.1 Å². The lowest BCUT2D eigenvalue weighted by molar-refractivity contribution is -0.139. The summed E-state index contributed by atoms with van der Waals surface area (Å²) in [5.41, 5.74) is 6.25. The minimum absolute atomic E-state index is 0.0209. The first-order valence-corrected chi connectivity index (χ1v) is 12.7. The molecule has 13 heteroatoms. The van der Waals surface area contributed by atoms with Gasteiger partial charge in [0.25, 0.3) is 11.8 Å². The molecule has 0 radical (unpaired) electrons. The number of allylic oxidation sites excluding steroid dienone is 1. The second-order valence-corrected chi connectivity index (χ2v) is 9.51. The third-order valence-corrected chi connectivity index (χ3v) is 7.29. The van der Waals surface area contributed by atoms with Crippen molar-refractivity contribution in [3.8, 4) is 6.07 Å². The van der Waals surface area contributed by atoms with Gasteiger partial charge in [0.1, 0.15) is 17.6 Å². The van der Waals surface area contributed by atoms with Crippen molar-refractivity contribution >= 4 is 41.3 Å². The number of hydrogen-bond acceptors (Lipinski definition) is 11. The average molecular weight is 570 g/mol. The van der Waals surface area contributed by atoms with Crippen molar-refractivity contribution in [1.29, 1.82) is 5.26 Å². The lowest BCUT2D eigenvalue weighted by Gasteiger charge is -2.36. The number of nitriles is 1. The molecular weight excluding hydrogens is 546 g/mol. The Kier molecular flexibility index (Phi) is 7.05. The van der Waals surface area contributed by atoms with Gasteiger partial charge in [-0.05, 0) is 30.2 Å². The number of nitrogens with one attached hydrogen (secondary N) is 1. The number of hydrogen-bond donors (Lipinski definition) is 2. The van der Waals surface area contributed by atoms with E-state index in [1.165, 1.54) is 18.2 Å². The molecule has 1 fully saturated rings. The number of fused-ring (bicyclic) bond motifs is 1. The summed E-state index contributed by atoms with van der Waals surface area (Å²) in [5.74, 6) is -6.03. The highest BCUT2D eigenvalue weighted by atomic mass is 16.5. The number of amides is 4. The van der Waals surface area contributed by atoms with E-state index in [0.29, 0.717) is 5.56 Å². The molecule has 42 heavy (non-hydrogen) atoms. The van der Waals surface area contributed by atoms with E-state index in [4.69, 9.17) is 15.2 Å². The molecule has 2 atom stereocenters. The average Bonchev–Trinajstić information content (AvgIpc) is 3.24. The molecule has 3 heterocycles. The summed E-state index contributed by atoms with van der Waals surface area (Å²) in [6.45, 7) is 0. The predicted octanol–water partition coefficient (Wildman–Crippen LogP) is 0.986. The number of ether oxygens (including phenoxy) is 2. The van der Waals surface area contributed by atoms with Crippen LogP contribution < -0.4 is 16.0 Å². The van der Waals surface area contributed by atoms with Gasteiger partial charge in [-0.15, -0.1) is 0 Å². The Hall–Kier alpha value is -5.77. The summed E-state index contributed by atoms with van der Waals surface area (Å²) in [4.78, 5) is 79.1. The number of nitrogens with zero attached hydrogens (tertiary/aromatic N) is 3. The summed E-state index contributed by atoms with van der Waals surface area (Å²) in [7, 11) is 2.22. The summed E-state index contributed by atoms with van der Waals surface area (Å²) >= 11 is 0. The number of nitrogens with two attached hydrogens (primary N) is 1. The van der Waals surface area contributed by atoms with E-state index < -0.39 is 47.5 Å². The number of piperidine rings is 1. The van der Waals surface area contributed by atoms with Crippen molar-refractivity contribution in [3.05, 3.63) is 87.9 Å². The molecule has 0 spiro atoms. The fraction of sp³-hybridized carbons (Fsp3) is 0.207. The van der Waals surface area contributed by atoms with Gasteiger partial charge in [-0.25, -0.2) is 9.59 Å². The zero-order chi connectivity index (χ0) is 30.3. The Morgan fingerprint density at radius 1 is 0.976 bits per heavy atom. The summed E-state index contributed by atoms with van der Waals surface area (Å²) in [5, 5.41) is 12.3. The smallest absolute Gasteiger partial charge is 0.355 e. The van der Waals surface area contributed by atoms with Gasteiger partial charge >= 0.3 is 11.9 Å². The van der Waals surface area contributed by atoms with Crippen LogP contribution in [0.5, 0.6) is 0 Å². The Morgan fingerprint density at radius 2 is 1.64 bits per heavy atom. The number of methoxy groups -OCH3 is 2. The molecule has 5 rings (SSSR count). The van der Waals surface area contributed by atoms with Crippen molar-refractivity contribution in [2.24, 2.45) is 5.73 Å². The maximum Gasteiger partial charge on any atom is 0.355 e. The maximum atomic E-state index is 13.4. The largest absolute Gasteiger partial charge is 0.466 e. The van der Waals surface area contributed by atoms with Gasteiger partial charge < -0.3 is 15.2 Å². The van der Waals surface area contributed by atoms with Crippen LogP contribution in [0.1, 0.15) is 45.0 Å². The van der Waals surface area contributed by atoms with E-state index in [9.17, 15) is 34.0 Å². The molecule has 1 saturated heterocycles. The lowest BCUT2D eigenvalue weighted by atomic mass is 9.81. The maximum absolute atomic E-state index is 13.4. The molecule has 3 N–H and O–H groups in total. The molecule has 2 unspecified atom stereocenters. The molecule has 0 aliphatic carbocycles. The highest BCUT2D eigenvalue weighted by Gasteiger charge is 2.46. The van der Waals surface area contributed by atoms with E-state index in [-0.39, 0.29) is 52.3 Å². The fourth-order valence-electron chi connectivity index (χ4n) is 5.38. The van der Waals surface area contributed by atoms with Crippen LogP contribution in [0.15, 0.2) is 71.2 Å². The number of anilines is 1. The highest BCUT2D eigenvalue weighted by Crippen LogP contribution is 2.44. The minimum atomic E-state index is -1.19. The molecule has 13 nitrogen and oxygen atoms in total. The summed E-state index contributed by atoms with van der Waals surface area (Å²) < 4.78 is 10.0. The van der Waals surface area contributed by atoms with Crippen LogP contribution in [0.25, 0.3) is 0 Å². The van der Waals surface area contributed by atoms with E-state index in [2.05, 4.69) is 5.32 Å². The van der Waals surface area contributed by atoms with E-state index in [1.54, 1.807) is 30.3 Å². The third-order valence-electron chi connectivity index (χ3n) is 7.29. The Labute approximate surface area is 238 Å². The number of esters is 2. The number of carbonyl (C=O) groups is 6. The van der Waals surface area contributed by atoms with E-state index in [0.717, 1.165) is 24.0 Å². The van der Waals surface area contributed by atoms with Gasteiger partial charge in [0.2, 0.25) is 11.8 Å². The monoisotopic (exact) mass is 569 g/mol. The predicted molar refractivity (Wildman–Crippen MR) is 143 cm³/mol. The Morgan fingerprint density at radius 3 is 2.26 bits per heavy atom. The van der Waals surface area contributed by atoms with Crippen molar-refractivity contribution in [2.45, 2.75) is 24.8 Å². The topological polar surface area (TPSA) is 189 Å². The van der Waals surface area contributed by atoms with Crippen molar-refractivity contribution in [3.63, 3.8) is 0 Å². The second kappa shape index (κ2) is 10.7. The fourth-order valence-corrected chi connectivity index (χ4v) is 5.38. The number of imide groups is 2. The quantitative estimate of drug-likeness (QED) is 0.386. The van der Waals surface area contributed by atoms with Gasteiger partial charge in [-0.2, -0.15) is 5.26 Å². The second-order valence-electron chi connectivity index (χ2n) is 9.51. The van der Waals surface area contributed by atoms with Crippen LogP contribution in [0.2, 0.25) is 0 Å². The molecule has 0 saturated carbocycles. The third kappa shape index (κ3) is 4.26. The molecule has 2 aromatic carbocycles. The molecular formula is C29H23N5O8. The van der Waals surface area contributed by atoms with Crippen LogP contribution >= 0.6 is 0 Å². The zero-order valence-corrected chi connectivity index (χ0v) is 22.4. The van der Waals surface area contributed by atoms with Gasteiger partial charge in [0.15, 0.2) is 0 Å².